The zero-order valence-electron chi connectivity index (χ0n) is 18.3. The number of aromatic nitrogens is 1. The molecule has 0 saturated heterocycles. The van der Waals surface area contributed by atoms with Gasteiger partial charge in [-0.3, -0.25) is 4.79 Å². The fraction of sp³-hybridized carbons (Fsp3) is 0.250. The van der Waals surface area contributed by atoms with Crippen LogP contribution in [0.4, 0.5) is 13.2 Å². The van der Waals surface area contributed by atoms with E-state index in [2.05, 4.69) is 4.74 Å². The lowest BCUT2D eigenvalue weighted by Gasteiger charge is -2.37. The molecule has 0 amide bonds. The minimum Gasteiger partial charge on any atom is -0.465 e. The summed E-state index contributed by atoms with van der Waals surface area (Å²) in [7, 11) is 2.52. The van der Waals surface area contributed by atoms with Crippen LogP contribution in [0.15, 0.2) is 59.5 Å². The van der Waals surface area contributed by atoms with Gasteiger partial charge in [0.25, 0.3) is 0 Å². The van der Waals surface area contributed by atoms with E-state index in [0.29, 0.717) is 11.1 Å². The molecule has 0 aliphatic rings. The van der Waals surface area contributed by atoms with Gasteiger partial charge in [-0.2, -0.15) is 13.2 Å². The molecule has 10 heteroatoms. The summed E-state index contributed by atoms with van der Waals surface area (Å²) in [6, 6.07) is 10.9. The number of benzene rings is 2. The number of halogens is 5. The van der Waals surface area contributed by atoms with Crippen molar-refractivity contribution >= 4 is 29.2 Å². The highest BCUT2D eigenvalue weighted by molar-refractivity contribution is 6.34. The number of methoxy groups -OCH3 is 1. The van der Waals surface area contributed by atoms with Crippen LogP contribution in [-0.4, -0.2) is 28.9 Å². The second-order valence-corrected chi connectivity index (χ2v) is 8.59. The molecule has 1 aromatic heterocycles. The van der Waals surface area contributed by atoms with E-state index in [1.165, 1.54) is 45.3 Å². The Hall–Kier alpha value is -2.81. The first-order chi connectivity index (χ1) is 15.8. The van der Waals surface area contributed by atoms with E-state index in [0.717, 1.165) is 22.9 Å². The molecule has 0 aliphatic heterocycles. The molecule has 0 fully saturated rings. The van der Waals surface area contributed by atoms with Crippen molar-refractivity contribution in [2.45, 2.75) is 24.6 Å². The number of alkyl halides is 3. The zero-order valence-corrected chi connectivity index (χ0v) is 19.8. The fourth-order valence-electron chi connectivity index (χ4n) is 3.73. The van der Waals surface area contributed by atoms with Gasteiger partial charge in [-0.05, 0) is 41.0 Å². The SMILES string of the molecule is COC(=O)c1ccc(-c2ccc(C(C)C(O)(c3ccc(=O)n(C)c3)C(F)(F)F)c(Cl)c2)cc1Cl. The Kier molecular flexibility index (Phi) is 7.17. The first kappa shape index (κ1) is 25.8. The number of rotatable bonds is 5. The van der Waals surface area contributed by atoms with Crippen molar-refractivity contribution in [3.8, 4) is 11.1 Å². The van der Waals surface area contributed by atoms with E-state index in [1.54, 1.807) is 12.1 Å². The summed E-state index contributed by atoms with van der Waals surface area (Å²) in [4.78, 5) is 23.4. The van der Waals surface area contributed by atoms with Crippen molar-refractivity contribution in [3.05, 3.63) is 91.8 Å². The minimum absolute atomic E-state index is 0.00865. The van der Waals surface area contributed by atoms with Gasteiger partial charge in [0.05, 0.1) is 17.7 Å². The Morgan fingerprint density at radius 2 is 1.62 bits per heavy atom. The molecule has 0 bridgehead atoms. The van der Waals surface area contributed by atoms with E-state index in [4.69, 9.17) is 23.2 Å². The van der Waals surface area contributed by atoms with Crippen molar-refractivity contribution in [2.24, 2.45) is 7.05 Å². The van der Waals surface area contributed by atoms with Gasteiger partial charge in [0.2, 0.25) is 5.56 Å². The molecule has 0 radical (unpaired) electrons. The van der Waals surface area contributed by atoms with Crippen LogP contribution in [-0.2, 0) is 17.4 Å². The third-order valence-electron chi connectivity index (χ3n) is 5.76. The van der Waals surface area contributed by atoms with E-state index in [9.17, 15) is 27.9 Å². The highest BCUT2D eigenvalue weighted by Gasteiger charge is 2.59. The van der Waals surface area contributed by atoms with Gasteiger partial charge in [-0.15, -0.1) is 0 Å². The standard InChI is InChI=1S/C24H20Cl2F3NO4/c1-13(23(33,24(27,28)29)16-6-9-21(31)30(2)12-16)17-7-4-14(10-19(17)25)15-5-8-18(20(26)11-15)22(32)34-3/h4-13,33H,1-3H3. The molecular weight excluding hydrogens is 494 g/mol. The van der Waals surface area contributed by atoms with Crippen LogP contribution in [0, 0.1) is 0 Å². The maximum atomic E-state index is 14.2. The van der Waals surface area contributed by atoms with Crippen LogP contribution in [0.5, 0.6) is 0 Å². The third-order valence-corrected chi connectivity index (χ3v) is 6.40. The van der Waals surface area contributed by atoms with Gasteiger partial charge in [0.1, 0.15) is 0 Å². The van der Waals surface area contributed by atoms with Crippen molar-refractivity contribution < 1.29 is 27.8 Å². The Bertz CT molecular complexity index is 1310. The smallest absolute Gasteiger partial charge is 0.422 e. The Balaban J connectivity index is 2.06. The summed E-state index contributed by atoms with van der Waals surface area (Å²) in [5.41, 5.74) is -2.98. The summed E-state index contributed by atoms with van der Waals surface area (Å²) in [6.45, 7) is 1.21. The highest BCUT2D eigenvalue weighted by atomic mass is 35.5. The summed E-state index contributed by atoms with van der Waals surface area (Å²) in [6.07, 6.45) is -4.11. The predicted octanol–water partition coefficient (Wildman–Crippen LogP) is 5.70. The van der Waals surface area contributed by atoms with Gasteiger partial charge in [0.15, 0.2) is 5.60 Å². The first-order valence-corrected chi connectivity index (χ1v) is 10.7. The van der Waals surface area contributed by atoms with Crippen LogP contribution in [0.2, 0.25) is 10.0 Å². The largest absolute Gasteiger partial charge is 0.465 e. The molecule has 3 rings (SSSR count). The van der Waals surface area contributed by atoms with Gasteiger partial charge in [-0.25, -0.2) is 4.79 Å². The summed E-state index contributed by atoms with van der Waals surface area (Å²) < 4.78 is 48.2. The first-order valence-electron chi connectivity index (χ1n) is 9.95. The van der Waals surface area contributed by atoms with E-state index >= 15 is 0 Å². The number of aliphatic hydroxyl groups is 1. The lowest BCUT2D eigenvalue weighted by atomic mass is 9.78. The van der Waals surface area contributed by atoms with Crippen LogP contribution in [0.1, 0.15) is 34.3 Å². The van der Waals surface area contributed by atoms with Gasteiger partial charge < -0.3 is 14.4 Å². The number of ether oxygens (including phenoxy) is 1. The Morgan fingerprint density at radius 3 is 2.12 bits per heavy atom. The van der Waals surface area contributed by atoms with Crippen LogP contribution >= 0.6 is 23.2 Å². The number of carbonyl (C=O) groups excluding carboxylic acids is 1. The second-order valence-electron chi connectivity index (χ2n) is 7.78. The quantitative estimate of drug-likeness (QED) is 0.444. The highest BCUT2D eigenvalue weighted by Crippen LogP contribution is 2.49. The normalized spacial score (nSPS) is 14.4. The number of esters is 1. The molecule has 2 unspecified atom stereocenters. The lowest BCUT2D eigenvalue weighted by Crippen LogP contribution is -2.47. The van der Waals surface area contributed by atoms with Crippen molar-refractivity contribution in [3.63, 3.8) is 0 Å². The molecule has 34 heavy (non-hydrogen) atoms. The maximum absolute atomic E-state index is 14.2. The number of hydrogen-bond acceptors (Lipinski definition) is 4. The zero-order chi connectivity index (χ0) is 25.4. The van der Waals surface area contributed by atoms with Crippen LogP contribution in [0.25, 0.3) is 11.1 Å². The maximum Gasteiger partial charge on any atom is 0.422 e. The molecule has 0 saturated carbocycles. The van der Waals surface area contributed by atoms with Gasteiger partial charge in [0, 0.05) is 35.8 Å². The number of nitrogens with zero attached hydrogens (tertiary/aromatic N) is 1. The van der Waals surface area contributed by atoms with Crippen molar-refractivity contribution in [2.75, 3.05) is 7.11 Å². The number of hydrogen-bond donors (Lipinski definition) is 1. The Labute approximate surface area is 203 Å². The van der Waals surface area contributed by atoms with E-state index in [-0.39, 0.29) is 21.2 Å². The predicted molar refractivity (Wildman–Crippen MR) is 123 cm³/mol. The Morgan fingerprint density at radius 1 is 1.03 bits per heavy atom. The second kappa shape index (κ2) is 9.44. The summed E-state index contributed by atoms with van der Waals surface area (Å²) in [5, 5.41) is 11.1. The molecule has 0 aliphatic carbocycles. The number of pyridine rings is 1. The van der Waals surface area contributed by atoms with E-state index in [1.807, 2.05) is 0 Å². The average molecular weight is 514 g/mol. The van der Waals surface area contributed by atoms with Crippen molar-refractivity contribution in [1.29, 1.82) is 0 Å². The monoisotopic (exact) mass is 513 g/mol. The third kappa shape index (κ3) is 4.58. The molecule has 5 nitrogen and oxygen atoms in total. The minimum atomic E-state index is -5.07. The average Bonchev–Trinajstić information content (AvgIpc) is 2.78. The van der Waals surface area contributed by atoms with Gasteiger partial charge >= 0.3 is 12.1 Å². The molecule has 2 atom stereocenters. The lowest BCUT2D eigenvalue weighted by molar-refractivity contribution is -0.274. The molecule has 0 spiro atoms. The molecule has 1 N–H and O–H groups in total. The summed E-state index contributed by atoms with van der Waals surface area (Å²) in [5.74, 6) is -2.12. The van der Waals surface area contributed by atoms with Crippen molar-refractivity contribution in [1.82, 2.24) is 4.57 Å². The van der Waals surface area contributed by atoms with Gasteiger partial charge in [-0.1, -0.05) is 48.3 Å². The molecule has 1 heterocycles. The number of carbonyl (C=O) groups is 1. The topological polar surface area (TPSA) is 68.5 Å². The number of aryl methyl sites for hydroxylation is 1. The fourth-order valence-corrected chi connectivity index (χ4v) is 4.33. The molecule has 2 aromatic carbocycles. The molecule has 180 valence electrons. The van der Waals surface area contributed by atoms with E-state index < -0.39 is 34.8 Å². The molecule has 3 aromatic rings. The van der Waals surface area contributed by atoms with Crippen LogP contribution < -0.4 is 5.56 Å². The van der Waals surface area contributed by atoms with Crippen LogP contribution in [0.3, 0.4) is 0 Å². The molecular formula is C24H20Cl2F3NO4. The summed E-state index contributed by atoms with van der Waals surface area (Å²) >= 11 is 12.5.